The van der Waals surface area contributed by atoms with Gasteiger partial charge in [0.2, 0.25) is 0 Å². The highest BCUT2D eigenvalue weighted by molar-refractivity contribution is 5.34. The van der Waals surface area contributed by atoms with Crippen LogP contribution in [-0.4, -0.2) is 7.11 Å². The zero-order valence-electron chi connectivity index (χ0n) is 10.9. The molecule has 0 aliphatic rings. The van der Waals surface area contributed by atoms with Crippen LogP contribution in [0.5, 0.6) is 5.75 Å². The van der Waals surface area contributed by atoms with Crippen LogP contribution in [0.4, 0.5) is 13.2 Å². The molecule has 0 bridgehead atoms. The van der Waals surface area contributed by atoms with Gasteiger partial charge in [-0.2, -0.15) is 0 Å². The van der Waals surface area contributed by atoms with Gasteiger partial charge in [0.05, 0.1) is 7.11 Å². The van der Waals surface area contributed by atoms with Gasteiger partial charge in [-0.15, -0.1) is 0 Å². The van der Waals surface area contributed by atoms with Gasteiger partial charge in [-0.3, -0.25) is 0 Å². The minimum absolute atomic E-state index is 0.100. The first-order chi connectivity index (χ1) is 9.52. The number of hydrogen-bond donors (Lipinski definition) is 1. The van der Waals surface area contributed by atoms with Crippen molar-refractivity contribution in [2.24, 2.45) is 5.73 Å². The summed E-state index contributed by atoms with van der Waals surface area (Å²) in [4.78, 5) is 0. The molecule has 106 valence electrons. The molecule has 20 heavy (non-hydrogen) atoms. The van der Waals surface area contributed by atoms with E-state index in [2.05, 4.69) is 0 Å². The maximum absolute atomic E-state index is 14.0. The summed E-state index contributed by atoms with van der Waals surface area (Å²) < 4.78 is 44.9. The number of halogens is 3. The Kier molecular flexibility index (Phi) is 4.29. The largest absolute Gasteiger partial charge is 0.494 e. The molecular weight excluding hydrogens is 267 g/mol. The second-order valence-corrected chi connectivity index (χ2v) is 4.42. The van der Waals surface area contributed by atoms with Crippen LogP contribution in [0.15, 0.2) is 36.4 Å². The zero-order valence-corrected chi connectivity index (χ0v) is 10.9. The Bertz CT molecular complexity index is 616. The summed E-state index contributed by atoms with van der Waals surface area (Å²) in [5.74, 6) is -2.30. The van der Waals surface area contributed by atoms with E-state index in [1.54, 1.807) is 12.1 Å². The summed E-state index contributed by atoms with van der Waals surface area (Å²) in [5, 5.41) is 0. The molecule has 1 atom stereocenters. The monoisotopic (exact) mass is 281 g/mol. The van der Waals surface area contributed by atoms with Gasteiger partial charge >= 0.3 is 0 Å². The normalized spacial score (nSPS) is 12.2. The minimum atomic E-state index is -0.944. The average molecular weight is 281 g/mol. The van der Waals surface area contributed by atoms with E-state index in [-0.39, 0.29) is 17.7 Å². The summed E-state index contributed by atoms with van der Waals surface area (Å²) in [6.45, 7) is 0. The Labute approximate surface area is 115 Å². The molecule has 0 saturated carbocycles. The summed E-state index contributed by atoms with van der Waals surface area (Å²) in [6, 6.07) is 7.51. The SMILES string of the molecule is COc1cccc(C(N)Cc2ccc(F)c(F)c2)c1F. The lowest BCUT2D eigenvalue weighted by molar-refractivity contribution is 0.382. The second kappa shape index (κ2) is 5.96. The van der Waals surface area contributed by atoms with Gasteiger partial charge < -0.3 is 10.5 Å². The summed E-state index contributed by atoms with van der Waals surface area (Å²) >= 11 is 0. The number of hydrogen-bond acceptors (Lipinski definition) is 2. The highest BCUT2D eigenvalue weighted by Gasteiger charge is 2.16. The van der Waals surface area contributed by atoms with E-state index in [4.69, 9.17) is 10.5 Å². The van der Waals surface area contributed by atoms with Gasteiger partial charge in [0.25, 0.3) is 0 Å². The van der Waals surface area contributed by atoms with Crippen LogP contribution in [0.25, 0.3) is 0 Å². The average Bonchev–Trinajstić information content (AvgIpc) is 2.43. The van der Waals surface area contributed by atoms with E-state index < -0.39 is 23.5 Å². The smallest absolute Gasteiger partial charge is 0.169 e. The molecule has 0 fully saturated rings. The first-order valence-corrected chi connectivity index (χ1v) is 6.05. The zero-order chi connectivity index (χ0) is 14.7. The Morgan fingerprint density at radius 2 is 1.85 bits per heavy atom. The summed E-state index contributed by atoms with van der Waals surface area (Å²) in [6.07, 6.45) is 0.196. The molecule has 0 amide bonds. The highest BCUT2D eigenvalue weighted by atomic mass is 19.2. The fourth-order valence-corrected chi connectivity index (χ4v) is 2.00. The van der Waals surface area contributed by atoms with Crippen molar-refractivity contribution < 1.29 is 17.9 Å². The number of nitrogens with two attached hydrogens (primary N) is 1. The van der Waals surface area contributed by atoms with E-state index in [1.165, 1.54) is 19.2 Å². The molecule has 0 heterocycles. The molecule has 0 aliphatic carbocycles. The summed E-state index contributed by atoms with van der Waals surface area (Å²) in [5.41, 5.74) is 6.70. The predicted molar refractivity (Wildman–Crippen MR) is 69.9 cm³/mol. The number of methoxy groups -OCH3 is 1. The van der Waals surface area contributed by atoms with E-state index in [0.29, 0.717) is 5.56 Å². The minimum Gasteiger partial charge on any atom is -0.494 e. The fourth-order valence-electron chi connectivity index (χ4n) is 2.00. The van der Waals surface area contributed by atoms with Gasteiger partial charge in [-0.05, 0) is 30.2 Å². The van der Waals surface area contributed by atoms with Gasteiger partial charge in [-0.1, -0.05) is 18.2 Å². The second-order valence-electron chi connectivity index (χ2n) is 4.42. The maximum atomic E-state index is 14.0. The van der Waals surface area contributed by atoms with Gasteiger partial charge in [0.1, 0.15) is 0 Å². The first kappa shape index (κ1) is 14.4. The topological polar surface area (TPSA) is 35.2 Å². The van der Waals surface area contributed by atoms with Gasteiger partial charge in [-0.25, -0.2) is 13.2 Å². The highest BCUT2D eigenvalue weighted by Crippen LogP contribution is 2.26. The van der Waals surface area contributed by atoms with Crippen molar-refractivity contribution in [3.05, 3.63) is 65.0 Å². The Morgan fingerprint density at radius 3 is 2.50 bits per heavy atom. The molecule has 5 heteroatoms. The van der Waals surface area contributed by atoms with Crippen molar-refractivity contribution in [2.75, 3.05) is 7.11 Å². The number of ether oxygens (including phenoxy) is 1. The Balaban J connectivity index is 2.23. The van der Waals surface area contributed by atoms with Crippen LogP contribution in [0.2, 0.25) is 0 Å². The van der Waals surface area contributed by atoms with Crippen molar-refractivity contribution >= 4 is 0 Å². The molecule has 0 radical (unpaired) electrons. The maximum Gasteiger partial charge on any atom is 0.169 e. The quantitative estimate of drug-likeness (QED) is 0.932. The molecule has 2 nitrogen and oxygen atoms in total. The summed E-state index contributed by atoms with van der Waals surface area (Å²) in [7, 11) is 1.36. The van der Waals surface area contributed by atoms with Crippen molar-refractivity contribution in [1.29, 1.82) is 0 Å². The van der Waals surface area contributed by atoms with Crippen LogP contribution < -0.4 is 10.5 Å². The molecule has 0 spiro atoms. The van der Waals surface area contributed by atoms with Crippen molar-refractivity contribution in [1.82, 2.24) is 0 Å². The van der Waals surface area contributed by atoms with E-state index in [0.717, 1.165) is 12.1 Å². The predicted octanol–water partition coefficient (Wildman–Crippen LogP) is 3.36. The van der Waals surface area contributed by atoms with Gasteiger partial charge in [0.15, 0.2) is 23.2 Å². The van der Waals surface area contributed by atoms with Gasteiger partial charge in [0, 0.05) is 11.6 Å². The third kappa shape index (κ3) is 2.93. The standard InChI is InChI=1S/C15H14F3NO/c1-20-14-4-2-3-10(15(14)18)13(19)8-9-5-6-11(16)12(17)7-9/h2-7,13H,8,19H2,1H3. The number of rotatable bonds is 4. The van der Waals surface area contributed by atoms with E-state index in [1.807, 2.05) is 0 Å². The Hall–Kier alpha value is -2.01. The molecule has 2 aromatic carbocycles. The molecule has 0 aromatic heterocycles. The molecule has 2 rings (SSSR count). The lowest BCUT2D eigenvalue weighted by Gasteiger charge is -2.15. The molecule has 1 unspecified atom stereocenters. The van der Waals surface area contributed by atoms with Crippen molar-refractivity contribution in [3.63, 3.8) is 0 Å². The Morgan fingerprint density at radius 1 is 1.10 bits per heavy atom. The lowest BCUT2D eigenvalue weighted by Crippen LogP contribution is -2.15. The fraction of sp³-hybridized carbons (Fsp3) is 0.200. The molecule has 0 saturated heterocycles. The van der Waals surface area contributed by atoms with E-state index in [9.17, 15) is 13.2 Å². The van der Waals surface area contributed by atoms with Crippen LogP contribution in [0, 0.1) is 17.5 Å². The molecule has 2 N–H and O–H groups in total. The molecule has 0 aliphatic heterocycles. The third-order valence-electron chi connectivity index (χ3n) is 3.05. The van der Waals surface area contributed by atoms with E-state index >= 15 is 0 Å². The number of benzene rings is 2. The van der Waals surface area contributed by atoms with Crippen LogP contribution in [0.1, 0.15) is 17.2 Å². The molecule has 2 aromatic rings. The molecular formula is C15H14F3NO. The third-order valence-corrected chi connectivity index (χ3v) is 3.05. The van der Waals surface area contributed by atoms with Crippen LogP contribution in [0.3, 0.4) is 0 Å². The first-order valence-electron chi connectivity index (χ1n) is 6.05. The lowest BCUT2D eigenvalue weighted by atomic mass is 9.99. The van der Waals surface area contributed by atoms with Crippen LogP contribution >= 0.6 is 0 Å². The van der Waals surface area contributed by atoms with Crippen LogP contribution in [-0.2, 0) is 6.42 Å². The van der Waals surface area contributed by atoms with Crippen molar-refractivity contribution in [3.8, 4) is 5.75 Å². The van der Waals surface area contributed by atoms with Crippen molar-refractivity contribution in [2.45, 2.75) is 12.5 Å².